The summed E-state index contributed by atoms with van der Waals surface area (Å²) in [6.45, 7) is 3.40. The maximum Gasteiger partial charge on any atom is 0.241 e. The van der Waals surface area contributed by atoms with Crippen LogP contribution in [0, 0.1) is 34.9 Å². The molecule has 0 radical (unpaired) electrons. The van der Waals surface area contributed by atoms with Crippen LogP contribution in [-0.4, -0.2) is 28.7 Å². The molecule has 2 saturated heterocycles. The van der Waals surface area contributed by atoms with Gasteiger partial charge >= 0.3 is 0 Å². The molecule has 0 bridgehead atoms. The normalized spacial score (nSPS) is 29.6. The fourth-order valence-electron chi connectivity index (χ4n) is 7.96. The lowest BCUT2D eigenvalue weighted by atomic mass is 9.52. The van der Waals surface area contributed by atoms with Crippen molar-refractivity contribution >= 4 is 46.6 Å². The molecule has 4 amide bonds. The van der Waals surface area contributed by atoms with Crippen LogP contribution in [0.1, 0.15) is 49.7 Å². The number of allylic oxidation sites excluding steroid dienone is 2. The number of aliphatic hydroxyl groups excluding tert-OH is 1. The van der Waals surface area contributed by atoms with Crippen molar-refractivity contribution < 1.29 is 33.1 Å². The molecule has 3 fully saturated rings. The number of amides is 4. The number of aryl methyl sites for hydroxylation is 1. The minimum atomic E-state index is -1.32. The molecule has 6 atom stereocenters. The molecule has 3 heterocycles. The van der Waals surface area contributed by atoms with Crippen molar-refractivity contribution in [1.29, 1.82) is 0 Å². The van der Waals surface area contributed by atoms with Crippen LogP contribution < -0.4 is 9.80 Å². The van der Waals surface area contributed by atoms with Crippen molar-refractivity contribution in [3.05, 3.63) is 94.2 Å². The number of hydrogen-bond donors (Lipinski definition) is 1. The Morgan fingerprint density at radius 1 is 0.955 bits per heavy atom. The number of furan rings is 1. The minimum absolute atomic E-state index is 0.153. The molecule has 8 nitrogen and oxygen atoms in total. The van der Waals surface area contributed by atoms with Gasteiger partial charge in [0.2, 0.25) is 23.6 Å². The third kappa shape index (κ3) is 3.91. The van der Waals surface area contributed by atoms with Gasteiger partial charge in [-0.05, 0) is 80.1 Å². The van der Waals surface area contributed by atoms with Gasteiger partial charge in [0.05, 0.1) is 45.5 Å². The number of hydrogen-bond acceptors (Lipinski definition) is 6. The van der Waals surface area contributed by atoms with E-state index >= 15 is 0 Å². The summed E-state index contributed by atoms with van der Waals surface area (Å²) in [4.78, 5) is 58.7. The average molecular weight is 617 g/mol. The summed E-state index contributed by atoms with van der Waals surface area (Å²) in [5, 5.41) is 9.53. The first-order valence-corrected chi connectivity index (χ1v) is 15.2. The predicted octanol–water partition coefficient (Wildman–Crippen LogP) is 5.56. The van der Waals surface area contributed by atoms with Gasteiger partial charge < -0.3 is 9.52 Å². The molecule has 10 heteroatoms. The third-order valence-electron chi connectivity index (χ3n) is 10.2. The molecule has 4 aliphatic rings. The average Bonchev–Trinajstić information content (AvgIpc) is 3.65. The molecule has 44 heavy (non-hydrogen) atoms. The van der Waals surface area contributed by atoms with Crippen LogP contribution in [0.25, 0.3) is 0 Å². The zero-order valence-electron chi connectivity index (χ0n) is 24.1. The molecular weight excluding hydrogens is 587 g/mol. The van der Waals surface area contributed by atoms with Crippen LogP contribution >= 0.6 is 11.6 Å². The summed E-state index contributed by atoms with van der Waals surface area (Å²) in [5.74, 6) is -5.01. The molecule has 6 unspecified atom stereocenters. The van der Waals surface area contributed by atoms with Gasteiger partial charge in [-0.2, -0.15) is 0 Å². The Labute approximate surface area is 258 Å². The van der Waals surface area contributed by atoms with Gasteiger partial charge in [-0.25, -0.2) is 9.29 Å². The zero-order valence-corrected chi connectivity index (χ0v) is 24.9. The Morgan fingerprint density at radius 2 is 1.68 bits per heavy atom. The molecule has 1 aromatic heterocycles. The SMILES string of the molecule is CCc1ccc(N2C(=O)C3CC=C4C(CC5C(=O)N(c6ccc(F)c(Cl)c6)C(=O)C5(C)C4c4ccc(CO)o4)C3C2=O)cc1. The van der Waals surface area contributed by atoms with Crippen LogP contribution in [0.3, 0.4) is 0 Å². The molecule has 2 aromatic carbocycles. The maximum absolute atomic E-state index is 14.4. The first-order valence-electron chi connectivity index (χ1n) is 14.8. The number of carbonyl (C=O) groups is 4. The second-order valence-corrected chi connectivity index (χ2v) is 12.7. The summed E-state index contributed by atoms with van der Waals surface area (Å²) in [6.07, 6.45) is 3.23. The van der Waals surface area contributed by atoms with E-state index in [9.17, 15) is 28.7 Å². The molecule has 1 saturated carbocycles. The van der Waals surface area contributed by atoms with Gasteiger partial charge in [-0.1, -0.05) is 42.3 Å². The fraction of sp³-hybridized carbons (Fsp3) is 0.353. The van der Waals surface area contributed by atoms with Crippen LogP contribution in [0.5, 0.6) is 0 Å². The lowest BCUT2D eigenvalue weighted by Crippen LogP contribution is -2.48. The lowest BCUT2D eigenvalue weighted by Gasteiger charge is -2.48. The molecule has 7 rings (SSSR count). The number of nitrogens with zero attached hydrogens (tertiary/aromatic N) is 2. The molecule has 2 aliphatic heterocycles. The van der Waals surface area contributed by atoms with Crippen molar-refractivity contribution in [2.45, 2.75) is 45.6 Å². The summed E-state index contributed by atoms with van der Waals surface area (Å²) in [6, 6.07) is 14.4. The number of fused-ring (bicyclic) bond motifs is 4. The van der Waals surface area contributed by atoms with E-state index in [4.69, 9.17) is 16.0 Å². The second-order valence-electron chi connectivity index (χ2n) is 12.3. The summed E-state index contributed by atoms with van der Waals surface area (Å²) < 4.78 is 20.1. The van der Waals surface area contributed by atoms with Crippen molar-refractivity contribution in [2.24, 2.45) is 29.1 Å². The van der Waals surface area contributed by atoms with Gasteiger partial charge in [0, 0.05) is 0 Å². The van der Waals surface area contributed by atoms with Crippen LogP contribution in [0.15, 0.2) is 70.7 Å². The van der Waals surface area contributed by atoms with E-state index in [1.807, 2.05) is 25.1 Å². The van der Waals surface area contributed by atoms with E-state index in [2.05, 4.69) is 0 Å². The topological polar surface area (TPSA) is 108 Å². The molecule has 226 valence electrons. The van der Waals surface area contributed by atoms with Crippen molar-refractivity contribution in [1.82, 2.24) is 0 Å². The van der Waals surface area contributed by atoms with Crippen LogP contribution in [0.4, 0.5) is 15.8 Å². The Balaban J connectivity index is 1.34. The molecular formula is C34H30ClFN2O6. The first kappa shape index (κ1) is 28.7. The summed E-state index contributed by atoms with van der Waals surface area (Å²) in [5.41, 5.74) is 1.20. The van der Waals surface area contributed by atoms with Crippen LogP contribution in [-0.2, 0) is 32.2 Å². The number of carbonyl (C=O) groups excluding carboxylic acids is 4. The number of anilines is 2. The largest absolute Gasteiger partial charge is 0.463 e. The lowest BCUT2D eigenvalue weighted by molar-refractivity contribution is -0.131. The van der Waals surface area contributed by atoms with E-state index < -0.39 is 52.6 Å². The van der Waals surface area contributed by atoms with Crippen molar-refractivity contribution in [3.63, 3.8) is 0 Å². The third-order valence-corrected chi connectivity index (χ3v) is 10.5. The summed E-state index contributed by atoms with van der Waals surface area (Å²) >= 11 is 6.04. The molecule has 2 aliphatic carbocycles. The number of imide groups is 2. The second kappa shape index (κ2) is 10.2. The summed E-state index contributed by atoms with van der Waals surface area (Å²) in [7, 11) is 0. The number of aliphatic hydroxyl groups is 1. The van der Waals surface area contributed by atoms with E-state index in [0.29, 0.717) is 23.6 Å². The van der Waals surface area contributed by atoms with Gasteiger partial charge in [0.15, 0.2) is 0 Å². The van der Waals surface area contributed by atoms with Crippen molar-refractivity contribution in [3.8, 4) is 0 Å². The van der Waals surface area contributed by atoms with Gasteiger partial charge in [-0.15, -0.1) is 0 Å². The number of benzene rings is 2. The monoisotopic (exact) mass is 616 g/mol. The Kier molecular flexibility index (Phi) is 6.68. The highest BCUT2D eigenvalue weighted by Crippen LogP contribution is 2.63. The Morgan fingerprint density at radius 3 is 2.34 bits per heavy atom. The maximum atomic E-state index is 14.4. The fourth-order valence-corrected chi connectivity index (χ4v) is 8.13. The number of halogens is 2. The van der Waals surface area contributed by atoms with Crippen LogP contribution in [0.2, 0.25) is 5.02 Å². The quantitative estimate of drug-likeness (QED) is 0.297. The highest BCUT2D eigenvalue weighted by atomic mass is 35.5. The number of rotatable bonds is 5. The Hall–Kier alpha value is -4.08. The van der Waals surface area contributed by atoms with Gasteiger partial charge in [0.1, 0.15) is 23.9 Å². The highest BCUT2D eigenvalue weighted by Gasteiger charge is 2.68. The minimum Gasteiger partial charge on any atom is -0.463 e. The van der Waals surface area contributed by atoms with E-state index in [-0.39, 0.29) is 35.6 Å². The van der Waals surface area contributed by atoms with Crippen molar-refractivity contribution in [2.75, 3.05) is 9.80 Å². The predicted molar refractivity (Wildman–Crippen MR) is 159 cm³/mol. The highest BCUT2D eigenvalue weighted by molar-refractivity contribution is 6.32. The van der Waals surface area contributed by atoms with Gasteiger partial charge in [-0.3, -0.25) is 24.1 Å². The smallest absolute Gasteiger partial charge is 0.241 e. The van der Waals surface area contributed by atoms with E-state index in [0.717, 1.165) is 28.5 Å². The Bertz CT molecular complexity index is 1770. The van der Waals surface area contributed by atoms with Gasteiger partial charge in [0.25, 0.3) is 0 Å². The van der Waals surface area contributed by atoms with E-state index in [1.54, 1.807) is 31.2 Å². The van der Waals surface area contributed by atoms with E-state index in [1.165, 1.54) is 17.0 Å². The molecule has 0 spiro atoms. The first-order chi connectivity index (χ1) is 21.1. The molecule has 3 aromatic rings. The zero-order chi connectivity index (χ0) is 31.1. The standard InChI is InChI=1S/C34H30ClFN2O6/c1-3-17-4-6-18(7-5-17)37-30(40)22-11-10-21-23(28(22)32(37)42)15-24-31(41)38(19-8-12-26(36)25(35)14-19)33(43)34(24,2)29(21)27-13-9-20(16-39)44-27/h4-10,12-14,22-24,28-29,39H,3,11,15-16H2,1-2H3. The molecule has 1 N–H and O–H groups in total.